The number of fused-ring (bicyclic) bond motifs is 1. The Morgan fingerprint density at radius 2 is 2.08 bits per heavy atom. The zero-order chi connectivity index (χ0) is 16.8. The van der Waals surface area contributed by atoms with E-state index >= 15 is 0 Å². The highest BCUT2D eigenvalue weighted by Gasteiger charge is 2.31. The standard InChI is InChI=1S/C18H21N3O2S/c1-10(2)12-5-6-15-14(7-12)16(19-20-17(22)11-3-4-11)18(23)21(15)13-8-24-9-13/h5-7,10-11,13,23H,3-4,8-9H2,1-2H3. The second kappa shape index (κ2) is 5.92. The number of aromatic hydroxyl groups is 1. The Morgan fingerprint density at radius 3 is 2.67 bits per heavy atom. The van der Waals surface area contributed by atoms with Gasteiger partial charge in [0.25, 0.3) is 5.91 Å². The van der Waals surface area contributed by atoms with Gasteiger partial charge in [0.2, 0.25) is 5.88 Å². The van der Waals surface area contributed by atoms with E-state index in [0.29, 0.717) is 11.6 Å². The lowest BCUT2D eigenvalue weighted by Crippen LogP contribution is -2.22. The average molecular weight is 343 g/mol. The maximum absolute atomic E-state index is 11.9. The van der Waals surface area contributed by atoms with Crippen molar-refractivity contribution in [3.8, 4) is 5.88 Å². The van der Waals surface area contributed by atoms with Crippen LogP contribution in [-0.2, 0) is 4.79 Å². The molecule has 1 amide bonds. The number of carbonyl (C=O) groups excluding carboxylic acids is 1. The zero-order valence-electron chi connectivity index (χ0n) is 13.9. The number of hydrogen-bond acceptors (Lipinski definition) is 4. The van der Waals surface area contributed by atoms with E-state index in [1.807, 2.05) is 16.3 Å². The molecule has 6 heteroatoms. The molecule has 1 saturated carbocycles. The van der Waals surface area contributed by atoms with Crippen LogP contribution in [0.1, 0.15) is 44.2 Å². The van der Waals surface area contributed by atoms with E-state index in [2.05, 4.69) is 42.3 Å². The molecule has 24 heavy (non-hydrogen) atoms. The van der Waals surface area contributed by atoms with Crippen LogP contribution in [-0.4, -0.2) is 27.1 Å². The van der Waals surface area contributed by atoms with Crippen molar-refractivity contribution in [3.05, 3.63) is 23.8 Å². The molecule has 1 aliphatic carbocycles. The van der Waals surface area contributed by atoms with E-state index in [9.17, 15) is 9.90 Å². The molecule has 1 aromatic carbocycles. The molecule has 5 nitrogen and oxygen atoms in total. The Hall–Kier alpha value is -1.82. The average Bonchev–Trinajstić information content (AvgIpc) is 3.31. The molecule has 2 aromatic rings. The van der Waals surface area contributed by atoms with Crippen LogP contribution >= 0.6 is 11.8 Å². The number of benzene rings is 1. The van der Waals surface area contributed by atoms with E-state index in [4.69, 9.17) is 0 Å². The molecule has 4 rings (SSSR count). The van der Waals surface area contributed by atoms with E-state index < -0.39 is 0 Å². The van der Waals surface area contributed by atoms with Gasteiger partial charge in [0.05, 0.1) is 11.6 Å². The van der Waals surface area contributed by atoms with Crippen LogP contribution in [0.3, 0.4) is 0 Å². The molecular formula is C18H21N3O2S. The summed E-state index contributed by atoms with van der Waals surface area (Å²) < 4.78 is 1.95. The third-order valence-corrected chi connectivity index (χ3v) is 6.04. The Kier molecular flexibility index (Phi) is 3.87. The van der Waals surface area contributed by atoms with Crippen LogP contribution in [0.5, 0.6) is 5.88 Å². The summed E-state index contributed by atoms with van der Waals surface area (Å²) in [5.41, 5.74) is 2.58. The van der Waals surface area contributed by atoms with Crippen molar-refractivity contribution in [2.75, 3.05) is 11.5 Å². The number of carbonyl (C=O) groups is 1. The van der Waals surface area contributed by atoms with Gasteiger partial charge in [-0.3, -0.25) is 4.79 Å². The third-order valence-electron chi connectivity index (χ3n) is 4.80. The molecule has 0 radical (unpaired) electrons. The fourth-order valence-corrected chi connectivity index (χ4v) is 3.76. The first-order chi connectivity index (χ1) is 11.6. The van der Waals surface area contributed by atoms with Crippen molar-refractivity contribution in [2.45, 2.75) is 38.6 Å². The van der Waals surface area contributed by atoms with Crippen molar-refractivity contribution >= 4 is 34.3 Å². The summed E-state index contributed by atoms with van der Waals surface area (Å²) in [6, 6.07) is 6.50. The van der Waals surface area contributed by atoms with Gasteiger partial charge in [0, 0.05) is 22.8 Å². The summed E-state index contributed by atoms with van der Waals surface area (Å²) in [5, 5.41) is 19.6. The van der Waals surface area contributed by atoms with Gasteiger partial charge in [0.1, 0.15) is 0 Å². The van der Waals surface area contributed by atoms with Gasteiger partial charge in [-0.05, 0) is 36.5 Å². The molecule has 0 spiro atoms. The van der Waals surface area contributed by atoms with E-state index in [-0.39, 0.29) is 23.7 Å². The van der Waals surface area contributed by atoms with Crippen molar-refractivity contribution in [2.24, 2.45) is 16.1 Å². The van der Waals surface area contributed by atoms with E-state index in [0.717, 1.165) is 35.3 Å². The summed E-state index contributed by atoms with van der Waals surface area (Å²) in [6.45, 7) is 4.27. The van der Waals surface area contributed by atoms with Crippen LogP contribution in [0, 0.1) is 5.92 Å². The Morgan fingerprint density at radius 1 is 1.33 bits per heavy atom. The number of amides is 1. The first-order valence-electron chi connectivity index (χ1n) is 8.46. The minimum absolute atomic E-state index is 0.0403. The molecule has 0 unspecified atom stereocenters. The number of rotatable bonds is 4. The van der Waals surface area contributed by atoms with Crippen molar-refractivity contribution < 1.29 is 9.90 Å². The van der Waals surface area contributed by atoms with Crippen molar-refractivity contribution in [1.82, 2.24) is 4.57 Å². The van der Waals surface area contributed by atoms with Crippen LogP contribution in [0.25, 0.3) is 10.9 Å². The fourth-order valence-electron chi connectivity index (χ4n) is 3.01. The minimum atomic E-state index is -0.172. The maximum Gasteiger partial charge on any atom is 0.267 e. The molecule has 1 saturated heterocycles. The Bertz CT molecular complexity index is 832. The van der Waals surface area contributed by atoms with Gasteiger partial charge in [-0.15, -0.1) is 10.2 Å². The number of thioether (sulfide) groups is 1. The van der Waals surface area contributed by atoms with Crippen LogP contribution in [0.4, 0.5) is 5.69 Å². The topological polar surface area (TPSA) is 66.9 Å². The Balaban J connectivity index is 1.83. The molecule has 1 aromatic heterocycles. The first-order valence-corrected chi connectivity index (χ1v) is 9.62. The van der Waals surface area contributed by atoms with Gasteiger partial charge in [-0.1, -0.05) is 19.9 Å². The minimum Gasteiger partial charge on any atom is -0.493 e. The highest BCUT2D eigenvalue weighted by Crippen LogP contribution is 2.45. The lowest BCUT2D eigenvalue weighted by atomic mass is 10.0. The zero-order valence-corrected chi connectivity index (χ0v) is 14.7. The lowest BCUT2D eigenvalue weighted by molar-refractivity contribution is -0.119. The van der Waals surface area contributed by atoms with Gasteiger partial charge in [-0.25, -0.2) is 0 Å². The van der Waals surface area contributed by atoms with Crippen LogP contribution < -0.4 is 0 Å². The highest BCUT2D eigenvalue weighted by atomic mass is 32.2. The maximum atomic E-state index is 11.9. The summed E-state index contributed by atoms with van der Waals surface area (Å²) in [7, 11) is 0. The first kappa shape index (κ1) is 15.7. The second-order valence-electron chi connectivity index (χ2n) is 6.98. The Labute approximate surface area is 145 Å². The molecule has 2 heterocycles. The predicted molar refractivity (Wildman–Crippen MR) is 96.3 cm³/mol. The van der Waals surface area contributed by atoms with Gasteiger partial charge >= 0.3 is 0 Å². The monoisotopic (exact) mass is 343 g/mol. The smallest absolute Gasteiger partial charge is 0.267 e. The molecule has 1 N–H and O–H groups in total. The number of hydrogen-bond donors (Lipinski definition) is 1. The molecule has 2 fully saturated rings. The third kappa shape index (κ3) is 2.62. The number of aromatic nitrogens is 1. The second-order valence-corrected chi connectivity index (χ2v) is 8.05. The van der Waals surface area contributed by atoms with Gasteiger partial charge < -0.3 is 9.67 Å². The summed E-state index contributed by atoms with van der Waals surface area (Å²) in [4.78, 5) is 11.9. The van der Waals surface area contributed by atoms with Gasteiger partial charge in [-0.2, -0.15) is 11.8 Å². The van der Waals surface area contributed by atoms with Gasteiger partial charge in [0.15, 0.2) is 5.69 Å². The normalized spacial score (nSPS) is 18.6. The van der Waals surface area contributed by atoms with Crippen LogP contribution in [0.2, 0.25) is 0 Å². The summed E-state index contributed by atoms with van der Waals surface area (Å²) in [6.07, 6.45) is 1.81. The molecule has 2 aliphatic rings. The summed E-state index contributed by atoms with van der Waals surface area (Å²) >= 11 is 1.86. The molecular weight excluding hydrogens is 322 g/mol. The van der Waals surface area contributed by atoms with E-state index in [1.165, 1.54) is 5.56 Å². The quantitative estimate of drug-likeness (QED) is 0.813. The number of nitrogens with zero attached hydrogens (tertiary/aromatic N) is 3. The molecule has 1 aliphatic heterocycles. The van der Waals surface area contributed by atoms with Crippen molar-refractivity contribution in [1.29, 1.82) is 0 Å². The molecule has 0 atom stereocenters. The fraction of sp³-hybridized carbons (Fsp3) is 0.500. The highest BCUT2D eigenvalue weighted by molar-refractivity contribution is 8.00. The lowest BCUT2D eigenvalue weighted by Gasteiger charge is -2.27. The molecule has 0 bridgehead atoms. The summed E-state index contributed by atoms with van der Waals surface area (Å²) in [5.74, 6) is 2.36. The predicted octanol–water partition coefficient (Wildman–Crippen LogP) is 4.78. The SMILES string of the molecule is CC(C)c1ccc2c(c1)c(N=NC(=O)C1CC1)c(O)n2C1CSC1. The largest absolute Gasteiger partial charge is 0.493 e. The van der Waals surface area contributed by atoms with Crippen LogP contribution in [0.15, 0.2) is 28.4 Å². The van der Waals surface area contributed by atoms with E-state index in [1.54, 1.807) is 0 Å². The van der Waals surface area contributed by atoms with Crippen molar-refractivity contribution in [3.63, 3.8) is 0 Å². The molecule has 126 valence electrons. The number of azo groups is 1.